The molecule has 0 fully saturated rings. The predicted molar refractivity (Wildman–Crippen MR) is 115 cm³/mol. The zero-order valence-electron chi connectivity index (χ0n) is 16.3. The van der Waals surface area contributed by atoms with E-state index in [4.69, 9.17) is 16.7 Å². The molecule has 0 saturated carbocycles. The van der Waals surface area contributed by atoms with E-state index in [1.54, 1.807) is 6.07 Å². The number of rotatable bonds is 10. The van der Waals surface area contributed by atoms with Crippen molar-refractivity contribution in [3.05, 3.63) is 56.7 Å². The van der Waals surface area contributed by atoms with Crippen molar-refractivity contribution >= 4 is 34.9 Å². The highest BCUT2D eigenvalue weighted by molar-refractivity contribution is 7.13. The average Bonchev–Trinajstić information content (AvgIpc) is 3.09. The van der Waals surface area contributed by atoms with E-state index < -0.39 is 5.97 Å². The molecule has 5 nitrogen and oxygen atoms in total. The molecular formula is C21H27ClN2O3S. The van der Waals surface area contributed by atoms with Crippen molar-refractivity contribution in [1.29, 1.82) is 0 Å². The van der Waals surface area contributed by atoms with Gasteiger partial charge in [-0.05, 0) is 69.4 Å². The number of aromatic carboxylic acids is 1. The van der Waals surface area contributed by atoms with Crippen LogP contribution in [0.25, 0.3) is 0 Å². The van der Waals surface area contributed by atoms with Crippen molar-refractivity contribution < 1.29 is 14.7 Å². The third-order valence-corrected chi connectivity index (χ3v) is 5.57. The first-order chi connectivity index (χ1) is 13.3. The van der Waals surface area contributed by atoms with Gasteiger partial charge in [0.25, 0.3) is 0 Å². The summed E-state index contributed by atoms with van der Waals surface area (Å²) in [6, 6.07) is 11.3. The van der Waals surface area contributed by atoms with Crippen LogP contribution >= 0.6 is 22.9 Å². The van der Waals surface area contributed by atoms with Crippen molar-refractivity contribution in [2.24, 2.45) is 0 Å². The monoisotopic (exact) mass is 422 g/mol. The minimum atomic E-state index is -0.893. The molecule has 0 spiro atoms. The first-order valence-electron chi connectivity index (χ1n) is 9.47. The van der Waals surface area contributed by atoms with Crippen molar-refractivity contribution in [2.45, 2.75) is 45.6 Å². The molecule has 2 N–H and O–H groups in total. The van der Waals surface area contributed by atoms with Gasteiger partial charge in [0.15, 0.2) is 0 Å². The molecule has 1 aromatic heterocycles. The largest absolute Gasteiger partial charge is 0.477 e. The summed E-state index contributed by atoms with van der Waals surface area (Å²) in [5.74, 6) is -0.893. The van der Waals surface area contributed by atoms with Crippen LogP contribution in [0, 0.1) is 0 Å². The molecule has 2 amide bonds. The number of urea groups is 1. The summed E-state index contributed by atoms with van der Waals surface area (Å²) in [4.78, 5) is 26.7. The number of halogens is 1. The van der Waals surface area contributed by atoms with E-state index in [0.717, 1.165) is 41.1 Å². The number of aryl methyl sites for hydroxylation is 2. The highest BCUT2D eigenvalue weighted by atomic mass is 35.5. The normalized spacial score (nSPS) is 10.9. The van der Waals surface area contributed by atoms with Crippen LogP contribution in [0.3, 0.4) is 0 Å². The van der Waals surface area contributed by atoms with Crippen LogP contribution in [0.5, 0.6) is 0 Å². The van der Waals surface area contributed by atoms with E-state index in [1.165, 1.54) is 11.3 Å². The fraction of sp³-hybridized carbons (Fsp3) is 0.429. The van der Waals surface area contributed by atoms with Crippen molar-refractivity contribution in [2.75, 3.05) is 13.1 Å². The minimum absolute atomic E-state index is 0.0569. The van der Waals surface area contributed by atoms with Crippen molar-refractivity contribution in [3.8, 4) is 0 Å². The lowest BCUT2D eigenvalue weighted by atomic mass is 10.1. The molecule has 2 aromatic rings. The van der Waals surface area contributed by atoms with E-state index in [-0.39, 0.29) is 12.1 Å². The summed E-state index contributed by atoms with van der Waals surface area (Å²) >= 11 is 7.33. The molecule has 152 valence electrons. The number of benzene rings is 1. The van der Waals surface area contributed by atoms with Gasteiger partial charge in [0.05, 0.1) is 0 Å². The fourth-order valence-corrected chi connectivity index (χ4v) is 3.99. The number of carboxylic acids is 1. The zero-order chi connectivity index (χ0) is 20.5. The molecule has 0 saturated heterocycles. The summed E-state index contributed by atoms with van der Waals surface area (Å²) in [5.41, 5.74) is 1.16. The van der Waals surface area contributed by atoms with Gasteiger partial charge in [0.2, 0.25) is 0 Å². The maximum Gasteiger partial charge on any atom is 0.345 e. The van der Waals surface area contributed by atoms with Crippen LogP contribution in [0.4, 0.5) is 4.79 Å². The second-order valence-corrected chi connectivity index (χ2v) is 8.60. The smallest absolute Gasteiger partial charge is 0.345 e. The lowest BCUT2D eigenvalue weighted by Gasteiger charge is -2.24. The van der Waals surface area contributed by atoms with Gasteiger partial charge in [-0.1, -0.05) is 23.7 Å². The molecule has 1 heterocycles. The number of carbonyl (C=O) groups excluding carboxylic acids is 1. The topological polar surface area (TPSA) is 69.6 Å². The second kappa shape index (κ2) is 11.1. The van der Waals surface area contributed by atoms with Crippen LogP contribution < -0.4 is 5.32 Å². The highest BCUT2D eigenvalue weighted by Gasteiger charge is 2.14. The Hall–Kier alpha value is -2.05. The summed E-state index contributed by atoms with van der Waals surface area (Å²) < 4.78 is 0. The van der Waals surface area contributed by atoms with Crippen LogP contribution in [0.2, 0.25) is 5.02 Å². The zero-order valence-corrected chi connectivity index (χ0v) is 17.9. The first kappa shape index (κ1) is 22.2. The van der Waals surface area contributed by atoms with E-state index in [2.05, 4.69) is 5.32 Å². The number of amides is 2. The molecule has 7 heteroatoms. The summed E-state index contributed by atoms with van der Waals surface area (Å²) in [6.45, 7) is 5.19. The number of carboxylic acid groups (broad SMARTS) is 1. The van der Waals surface area contributed by atoms with Crippen LogP contribution in [-0.4, -0.2) is 41.1 Å². The molecule has 2 rings (SSSR count). The maximum atomic E-state index is 12.5. The molecule has 0 radical (unpaired) electrons. The van der Waals surface area contributed by atoms with E-state index in [9.17, 15) is 9.59 Å². The third-order valence-electron chi connectivity index (χ3n) is 4.21. The lowest BCUT2D eigenvalue weighted by Crippen LogP contribution is -2.44. The number of nitrogens with one attached hydrogen (secondary N) is 1. The van der Waals surface area contributed by atoms with Crippen molar-refractivity contribution in [3.63, 3.8) is 0 Å². The lowest BCUT2D eigenvalue weighted by molar-refractivity contribution is 0.0702. The first-order valence-corrected chi connectivity index (χ1v) is 10.7. The van der Waals surface area contributed by atoms with Gasteiger partial charge in [-0.15, -0.1) is 11.3 Å². The molecule has 0 atom stereocenters. The number of nitrogens with zero attached hydrogens (tertiary/aromatic N) is 1. The third kappa shape index (κ3) is 7.52. The Bertz CT molecular complexity index is 791. The van der Waals surface area contributed by atoms with Crippen LogP contribution in [0.1, 0.15) is 46.8 Å². The van der Waals surface area contributed by atoms with Gasteiger partial charge in [-0.25, -0.2) is 9.59 Å². The molecule has 1 aromatic carbocycles. The highest BCUT2D eigenvalue weighted by Crippen LogP contribution is 2.18. The molecule has 0 aliphatic rings. The van der Waals surface area contributed by atoms with E-state index in [0.29, 0.717) is 18.0 Å². The number of carbonyl (C=O) groups is 2. The predicted octanol–water partition coefficient (Wildman–Crippen LogP) is 5.09. The quantitative estimate of drug-likeness (QED) is 0.560. The molecule has 0 bridgehead atoms. The summed E-state index contributed by atoms with van der Waals surface area (Å²) in [6.07, 6.45) is 3.27. The van der Waals surface area contributed by atoms with Gasteiger partial charge < -0.3 is 15.3 Å². The Morgan fingerprint density at radius 1 is 1.14 bits per heavy atom. The Kier molecular flexibility index (Phi) is 8.80. The SMILES string of the molecule is CC(C)NC(=O)N(CCCc1cccc(Cl)c1)CCCc1ccc(C(=O)O)s1. The minimum Gasteiger partial charge on any atom is -0.477 e. The van der Waals surface area contributed by atoms with Gasteiger partial charge in [-0.3, -0.25) is 0 Å². The Morgan fingerprint density at radius 3 is 2.46 bits per heavy atom. The average molecular weight is 423 g/mol. The molecule has 0 aliphatic carbocycles. The van der Waals surface area contributed by atoms with Crippen molar-refractivity contribution in [1.82, 2.24) is 10.2 Å². The second-order valence-electron chi connectivity index (χ2n) is 7.00. The summed E-state index contributed by atoms with van der Waals surface area (Å²) in [7, 11) is 0. The Morgan fingerprint density at radius 2 is 1.86 bits per heavy atom. The number of hydrogen-bond acceptors (Lipinski definition) is 3. The standard InChI is InChI=1S/C21H27ClN2O3S/c1-15(2)23-21(27)24(12-4-7-16-6-3-8-17(22)14-16)13-5-9-18-10-11-19(28-18)20(25)26/h3,6,8,10-11,14-15H,4-5,7,9,12-13H2,1-2H3,(H,23,27)(H,25,26). The van der Waals surface area contributed by atoms with Gasteiger partial charge in [0.1, 0.15) is 4.88 Å². The number of thiophene rings is 1. The van der Waals surface area contributed by atoms with Gasteiger partial charge >= 0.3 is 12.0 Å². The molecular weight excluding hydrogens is 396 g/mol. The van der Waals surface area contributed by atoms with E-state index >= 15 is 0 Å². The number of hydrogen-bond donors (Lipinski definition) is 2. The Labute approximate surface area is 175 Å². The van der Waals surface area contributed by atoms with Gasteiger partial charge in [-0.2, -0.15) is 0 Å². The molecule has 28 heavy (non-hydrogen) atoms. The summed E-state index contributed by atoms with van der Waals surface area (Å²) in [5, 5.41) is 12.7. The van der Waals surface area contributed by atoms with Crippen LogP contribution in [0.15, 0.2) is 36.4 Å². The van der Waals surface area contributed by atoms with Crippen LogP contribution in [-0.2, 0) is 12.8 Å². The molecule has 0 aliphatic heterocycles. The maximum absolute atomic E-state index is 12.5. The molecule has 0 unspecified atom stereocenters. The van der Waals surface area contributed by atoms with E-state index in [1.807, 2.05) is 49.1 Å². The van der Waals surface area contributed by atoms with Gasteiger partial charge in [0, 0.05) is 29.0 Å². The Balaban J connectivity index is 1.86. The fourth-order valence-electron chi connectivity index (χ4n) is 2.89.